The number of aromatic nitrogens is 6. The number of hydrogen-bond acceptors (Lipinski definition) is 28. The largest absolute Gasteiger partial charge is 0.460 e. The fraction of sp³-hybridized carbons (Fsp3) is 0.690. The summed E-state index contributed by atoms with van der Waals surface area (Å²) in [7, 11) is 4.49. The van der Waals surface area contributed by atoms with Crippen molar-refractivity contribution in [2.75, 3.05) is 152 Å². The van der Waals surface area contributed by atoms with Gasteiger partial charge in [0.2, 0.25) is 11.7 Å². The molecule has 7 heterocycles. The summed E-state index contributed by atoms with van der Waals surface area (Å²) in [5.41, 5.74) is 10.4. The second-order valence-corrected chi connectivity index (χ2v) is 31.8. The number of nitrogens with one attached hydrogen (secondary N) is 3. The maximum atomic E-state index is 14.7. The number of alkyl carbamates (subject to hydrolysis) is 1. The van der Waals surface area contributed by atoms with Crippen molar-refractivity contribution in [3.8, 4) is 11.3 Å². The molecule has 4 aromatic heterocycles. The molecule has 15 atom stereocenters. The van der Waals surface area contributed by atoms with Crippen LogP contribution in [0.25, 0.3) is 33.3 Å². The van der Waals surface area contributed by atoms with Gasteiger partial charge in [0.15, 0.2) is 11.4 Å². The van der Waals surface area contributed by atoms with Gasteiger partial charge in [-0.2, -0.15) is 5.10 Å². The highest BCUT2D eigenvalue weighted by Crippen LogP contribution is 2.39. The van der Waals surface area contributed by atoms with Crippen molar-refractivity contribution in [2.45, 2.75) is 206 Å². The second kappa shape index (κ2) is 51.9. The first kappa shape index (κ1) is 97.6. The van der Waals surface area contributed by atoms with Crippen molar-refractivity contribution >= 4 is 69.1 Å². The molecule has 0 unspecified atom stereocenters. The highest BCUT2D eigenvalue weighted by molar-refractivity contribution is 6.39. The lowest BCUT2D eigenvalue weighted by molar-refractivity contribution is -0.265. The lowest BCUT2D eigenvalue weighted by Gasteiger charge is -2.42. The number of aliphatic hydroxyl groups is 2. The van der Waals surface area contributed by atoms with E-state index in [0.29, 0.717) is 191 Å². The van der Waals surface area contributed by atoms with E-state index in [4.69, 9.17) is 77.1 Å². The van der Waals surface area contributed by atoms with E-state index in [9.17, 15) is 43.8 Å². The third kappa shape index (κ3) is 30.6. The minimum Gasteiger partial charge on any atom is -0.460 e. The van der Waals surface area contributed by atoms with Gasteiger partial charge in [-0.1, -0.05) is 71.1 Å². The van der Waals surface area contributed by atoms with E-state index < -0.39 is 102 Å². The summed E-state index contributed by atoms with van der Waals surface area (Å²) in [6.07, 6.45) is 16.1. The number of nitrogens with two attached hydrogens (primary N) is 1. The number of nitrogen functional groups attached to an aromatic ring is 1. The number of allylic oxidation sites excluding steroid dienone is 6. The lowest BCUT2D eigenvalue weighted by Crippen LogP contribution is -2.61. The summed E-state index contributed by atoms with van der Waals surface area (Å²) in [6, 6.07) is 2.75. The van der Waals surface area contributed by atoms with Crippen molar-refractivity contribution in [1.29, 1.82) is 0 Å². The number of ketones is 3. The van der Waals surface area contributed by atoms with Crippen molar-refractivity contribution < 1.29 is 110 Å². The van der Waals surface area contributed by atoms with Crippen LogP contribution in [0, 0.1) is 35.5 Å². The van der Waals surface area contributed by atoms with Gasteiger partial charge in [-0.25, -0.2) is 29.2 Å². The molecule has 3 fully saturated rings. The number of carbonyl (C=O) groups excluding carboxylic acids is 7. The smallest absolute Gasteiger partial charge is 0.407 e. The number of Topliss-reactive ketones (excluding diaryl/α,β-unsaturated/α-hetero) is 3. The van der Waals surface area contributed by atoms with Crippen LogP contribution >= 0.6 is 0 Å². The number of H-pyrrole nitrogens is 1. The Bertz CT molecular complexity index is 3960. The van der Waals surface area contributed by atoms with Crippen LogP contribution in [0.4, 0.5) is 10.6 Å². The van der Waals surface area contributed by atoms with Gasteiger partial charge in [0, 0.05) is 108 Å². The van der Waals surface area contributed by atoms with Crippen molar-refractivity contribution in [1.82, 2.24) is 45.2 Å². The summed E-state index contributed by atoms with van der Waals surface area (Å²) in [6.45, 7) is 19.7. The number of fused-ring (bicyclic) bond motifs is 5. The predicted molar refractivity (Wildman–Crippen MR) is 446 cm³/mol. The van der Waals surface area contributed by atoms with Crippen molar-refractivity contribution in [3.05, 3.63) is 78.5 Å². The molecule has 7 N–H and O–H groups in total. The summed E-state index contributed by atoms with van der Waals surface area (Å²) in [5.74, 6) is -8.39. The van der Waals surface area contributed by atoms with E-state index in [2.05, 4.69) is 30.6 Å². The van der Waals surface area contributed by atoms with Gasteiger partial charge in [-0.3, -0.25) is 24.0 Å². The number of aromatic amines is 1. The first-order valence-electron chi connectivity index (χ1n) is 42.7. The van der Waals surface area contributed by atoms with E-state index in [0.717, 1.165) is 35.0 Å². The number of amides is 3. The number of piperidine rings is 1. The number of anilines is 1. The summed E-state index contributed by atoms with van der Waals surface area (Å²) < 4.78 is 82.5. The third-order valence-corrected chi connectivity index (χ3v) is 22.7. The summed E-state index contributed by atoms with van der Waals surface area (Å²) >= 11 is 0. The maximum absolute atomic E-state index is 14.7. The van der Waals surface area contributed by atoms with Crippen LogP contribution in [0.1, 0.15) is 145 Å². The fourth-order valence-electron chi connectivity index (χ4n) is 15.6. The number of methoxy groups -OCH3 is 3. The monoisotopic (exact) mass is 1680 g/mol. The number of nitrogens with zero attached hydrogens (tertiary/aromatic N) is 6. The van der Waals surface area contributed by atoms with Gasteiger partial charge in [0.05, 0.1) is 129 Å². The van der Waals surface area contributed by atoms with Crippen LogP contribution in [-0.4, -0.2) is 287 Å². The van der Waals surface area contributed by atoms with Crippen LogP contribution in [0.3, 0.4) is 0 Å². The Balaban J connectivity index is 0.655. The van der Waals surface area contributed by atoms with Gasteiger partial charge >= 0.3 is 12.1 Å². The Morgan fingerprint density at radius 1 is 0.725 bits per heavy atom. The number of ether oxygens (including phenoxy) is 14. The number of hydrogen-bond donors (Lipinski definition) is 6. The molecule has 3 amide bonds. The molecule has 3 aliphatic heterocycles. The van der Waals surface area contributed by atoms with E-state index in [-0.39, 0.29) is 81.3 Å². The molecule has 4 aromatic rings. The standard InChI is InChI=1S/C87H132N10O23/c1-57-18-12-11-13-19-58(2)71(107-8)53-67-23-21-63(7)87(106,120-67)80(102)84(103)96-30-16-14-20-68(96)85(104)118-72(54-69(98)59(3)49-62(6)78(101)79(109-10)77(100)61(5)48-57)60(4)50-64-22-24-70(73(51-64)108-9)119-86(105)91-29-33-111-35-37-113-39-41-115-43-45-117-47-46-116-44-42-114-40-38-112-36-34-110-32-26-74(99)89-27-15-17-31-97-83-75(81(88)93-56-94-83)76(95-97)66-52-65-25-28-90-82(65)92-55-66/h11-13,18-19,25,28,49,52,55-57,59-61,63-64,67-68,70-73,78-79,101,106H,14-17,20-24,26-27,29-48,50-51,53-54H2,1-10H3,(H,89,99)(H,90,92)(H,91,105)(H2,88,93,94)/b13-11+,18-12+,58-19+,62-49+/t57-,59-,60-,61-,63-,64+,67+,68+,70-,71+,72+,73-,78-,79+,87-/m1/s1. The zero-order valence-corrected chi connectivity index (χ0v) is 71.9. The topological polar surface area (TPSA) is 415 Å². The molecule has 8 rings (SSSR count). The van der Waals surface area contributed by atoms with E-state index in [1.165, 1.54) is 18.3 Å². The molecule has 2 bridgehead atoms. The second-order valence-electron chi connectivity index (χ2n) is 31.8. The maximum Gasteiger partial charge on any atom is 0.407 e. The number of pyridine rings is 1. The van der Waals surface area contributed by atoms with Gasteiger partial charge in [0.25, 0.3) is 11.7 Å². The van der Waals surface area contributed by atoms with Gasteiger partial charge in [0.1, 0.15) is 59.7 Å². The highest BCUT2D eigenvalue weighted by atomic mass is 16.6. The average molecular weight is 1690 g/mol. The Morgan fingerprint density at radius 2 is 1.39 bits per heavy atom. The van der Waals surface area contributed by atoms with Crippen molar-refractivity contribution in [3.63, 3.8) is 0 Å². The number of cyclic esters (lactones) is 1. The third-order valence-electron chi connectivity index (χ3n) is 22.7. The summed E-state index contributed by atoms with van der Waals surface area (Å²) in [4.78, 5) is 115. The number of rotatable bonds is 40. The first-order valence-corrected chi connectivity index (χ1v) is 42.7. The average Bonchev–Trinajstić information content (AvgIpc) is 1.55. The molecule has 33 nitrogen and oxygen atoms in total. The molecule has 0 spiro atoms. The Kier molecular flexibility index (Phi) is 42.2. The van der Waals surface area contributed by atoms with Gasteiger partial charge < -0.3 is 103 Å². The highest BCUT2D eigenvalue weighted by Gasteiger charge is 2.53. The Morgan fingerprint density at radius 3 is 2.05 bits per heavy atom. The Hall–Kier alpha value is -7.87. The van der Waals surface area contributed by atoms with Crippen LogP contribution in [0.2, 0.25) is 0 Å². The summed E-state index contributed by atoms with van der Waals surface area (Å²) in [5, 5.41) is 35.9. The first-order chi connectivity index (χ1) is 57.9. The molecule has 0 radical (unpaired) electrons. The minimum atomic E-state index is -2.48. The van der Waals surface area contributed by atoms with Gasteiger partial charge in [-0.05, 0) is 132 Å². The number of esters is 1. The molecule has 0 aromatic carbocycles. The number of aliphatic hydroxyl groups excluding tert-OH is 1. The van der Waals surface area contributed by atoms with Crippen LogP contribution in [-0.2, 0) is 102 Å². The molecule has 33 heteroatoms. The molecule has 4 aliphatic rings. The van der Waals surface area contributed by atoms with Crippen molar-refractivity contribution in [2.24, 2.45) is 35.5 Å². The fourth-order valence-corrected chi connectivity index (χ4v) is 15.6. The zero-order valence-electron chi connectivity index (χ0n) is 71.9. The Labute approximate surface area is 704 Å². The lowest BCUT2D eigenvalue weighted by atomic mass is 9.78. The van der Waals surface area contributed by atoms with E-state index >= 15 is 0 Å². The normalized spacial score (nSPS) is 27.3. The minimum absolute atomic E-state index is 0.0179. The van der Waals surface area contributed by atoms with Gasteiger partial charge in [-0.15, -0.1) is 0 Å². The molecule has 1 saturated carbocycles. The zero-order chi connectivity index (χ0) is 86.4. The molecule has 1 aliphatic carbocycles. The molecular formula is C87H132N10O23. The quantitative estimate of drug-likeness (QED) is 0.0105. The number of carbonyl (C=O) groups is 7. The van der Waals surface area contributed by atoms with Crippen LogP contribution < -0.4 is 16.4 Å². The SMILES string of the molecule is CO[C@H]1C[C@@H]2CC[C@@H](C)[C@@](O)(O2)C(=O)C(=O)N2CCCC[C@H]2C(=O)O[C@H]([C@H](C)C[C@@H]2CC[C@@H](OC(=O)NCCOCCOCCOCCOCCOCCOCCOCCOCCC(=O)NCCCCn3nc(-c4cnc5[nH]ccc5c4)c4c(N)ncnc43)[C@H](OC)C2)CC(=O)[C@H](C)/C=C(\C)[C@@H](O)[C@@H](OC)C(=O)[C@H](C)C[C@H](C)/C=C/C=C/C=C/1C. The van der Waals surface area contributed by atoms with Crippen LogP contribution in [0.5, 0.6) is 0 Å². The van der Waals surface area contributed by atoms with E-state index in [1.807, 2.05) is 74.2 Å². The number of aryl methyl sites for hydroxylation is 1. The number of unbranched alkanes of at least 4 members (excludes halogenated alkanes) is 1. The molecule has 2 saturated heterocycles. The predicted octanol–water partition coefficient (Wildman–Crippen LogP) is 8.30. The molecule has 668 valence electrons. The molecular weight excluding hydrogens is 1550 g/mol. The van der Waals surface area contributed by atoms with E-state index in [1.54, 1.807) is 54.2 Å². The molecule has 120 heavy (non-hydrogen) atoms. The van der Waals surface area contributed by atoms with Crippen LogP contribution in [0.15, 0.2) is 78.5 Å².